The number of carbonyl (C=O) groups is 2. The van der Waals surface area contributed by atoms with Crippen LogP contribution in [0, 0.1) is 0 Å². The molecule has 0 heterocycles. The first-order valence-corrected chi connectivity index (χ1v) is 25.2. The van der Waals surface area contributed by atoms with Crippen molar-refractivity contribution in [3.8, 4) is 0 Å². The summed E-state index contributed by atoms with van der Waals surface area (Å²) in [5, 5.41) is 0. The van der Waals surface area contributed by atoms with Gasteiger partial charge in [0.05, 0.1) is 13.2 Å². The quantitative estimate of drug-likeness (QED) is 0.0266. The molecule has 0 amide bonds. The van der Waals surface area contributed by atoms with Gasteiger partial charge in [-0.05, 0) is 96.3 Å². The van der Waals surface area contributed by atoms with Crippen LogP contribution in [0.4, 0.5) is 0 Å². The molecule has 0 aliphatic heterocycles. The van der Waals surface area contributed by atoms with E-state index in [-0.39, 0.29) is 32.6 Å². The molecule has 10 heteroatoms. The molecule has 0 aliphatic carbocycles. The van der Waals surface area contributed by atoms with E-state index in [1.54, 1.807) is 0 Å². The molecule has 0 aromatic rings. The lowest BCUT2D eigenvalue weighted by Crippen LogP contribution is -2.29. The maximum absolute atomic E-state index is 12.6. The van der Waals surface area contributed by atoms with Crippen molar-refractivity contribution >= 4 is 19.8 Å². The zero-order valence-corrected chi connectivity index (χ0v) is 39.3. The summed E-state index contributed by atoms with van der Waals surface area (Å²) in [6, 6.07) is 0. The van der Waals surface area contributed by atoms with Gasteiger partial charge in [-0.15, -0.1) is 0 Å². The van der Waals surface area contributed by atoms with E-state index in [2.05, 4.69) is 111 Å². The first-order valence-electron chi connectivity index (χ1n) is 23.7. The van der Waals surface area contributed by atoms with E-state index < -0.39 is 32.5 Å². The third kappa shape index (κ3) is 46.3. The van der Waals surface area contributed by atoms with E-state index in [0.29, 0.717) is 12.8 Å². The number of nitrogens with two attached hydrogens (primary N) is 1. The van der Waals surface area contributed by atoms with Crippen molar-refractivity contribution in [1.82, 2.24) is 0 Å². The Kier molecular flexibility index (Phi) is 44.1. The standard InChI is InChI=1S/C51H86NO8P/c1-3-5-7-9-11-13-15-17-19-21-22-23-24-25-26-28-30-32-34-36-38-40-42-44-51(54)60-49(48-59-61(55,56)58-46-45-52)47-57-50(53)43-41-39-37-35-33-31-29-27-20-18-16-14-12-10-8-6-4-2/h5,7,11-14,17-20,22-23,25-26,30,32,49H,3-4,6,8-10,15-16,21,24,27-29,31,33-48,52H2,1-2H3,(H,55,56)/b7-5-,13-11-,14-12-,19-17-,20-18-,23-22-,26-25-,32-30-. The van der Waals surface area contributed by atoms with Crippen LogP contribution in [0.15, 0.2) is 97.2 Å². The Labute approximate surface area is 372 Å². The first kappa shape index (κ1) is 57.9. The largest absolute Gasteiger partial charge is 0.472 e. The second kappa shape index (κ2) is 46.4. The molecular formula is C51H86NO8P. The van der Waals surface area contributed by atoms with Gasteiger partial charge in [0.15, 0.2) is 6.10 Å². The van der Waals surface area contributed by atoms with Crippen molar-refractivity contribution in [3.63, 3.8) is 0 Å². The van der Waals surface area contributed by atoms with E-state index in [0.717, 1.165) is 96.3 Å². The average Bonchev–Trinajstić information content (AvgIpc) is 3.25. The number of hydrogen-bond acceptors (Lipinski definition) is 8. The monoisotopic (exact) mass is 872 g/mol. The molecule has 0 radical (unpaired) electrons. The predicted octanol–water partition coefficient (Wildman–Crippen LogP) is 14.2. The van der Waals surface area contributed by atoms with Gasteiger partial charge in [0.1, 0.15) is 6.61 Å². The van der Waals surface area contributed by atoms with Crippen LogP contribution < -0.4 is 5.73 Å². The Morgan fingerprint density at radius 1 is 0.508 bits per heavy atom. The van der Waals surface area contributed by atoms with Crippen LogP contribution in [0.2, 0.25) is 0 Å². The zero-order valence-electron chi connectivity index (χ0n) is 38.4. The van der Waals surface area contributed by atoms with Gasteiger partial charge < -0.3 is 20.1 Å². The van der Waals surface area contributed by atoms with Gasteiger partial charge in [-0.25, -0.2) is 4.57 Å². The summed E-state index contributed by atoms with van der Waals surface area (Å²) >= 11 is 0. The van der Waals surface area contributed by atoms with E-state index in [9.17, 15) is 19.0 Å². The van der Waals surface area contributed by atoms with Gasteiger partial charge in [-0.2, -0.15) is 0 Å². The van der Waals surface area contributed by atoms with Gasteiger partial charge in [-0.1, -0.05) is 169 Å². The molecule has 0 spiro atoms. The van der Waals surface area contributed by atoms with Crippen LogP contribution in [0.1, 0.15) is 181 Å². The summed E-state index contributed by atoms with van der Waals surface area (Å²) in [6.45, 7) is 3.54. The third-order valence-corrected chi connectivity index (χ3v) is 10.4. The third-order valence-electron chi connectivity index (χ3n) is 9.45. The highest BCUT2D eigenvalue weighted by atomic mass is 31.2. The van der Waals surface area contributed by atoms with Crippen LogP contribution in [0.5, 0.6) is 0 Å². The fourth-order valence-corrected chi connectivity index (χ4v) is 6.73. The van der Waals surface area contributed by atoms with E-state index >= 15 is 0 Å². The topological polar surface area (TPSA) is 134 Å². The number of rotatable bonds is 43. The highest BCUT2D eigenvalue weighted by Gasteiger charge is 2.26. The van der Waals surface area contributed by atoms with Crippen LogP contribution in [0.3, 0.4) is 0 Å². The van der Waals surface area contributed by atoms with Crippen molar-refractivity contribution < 1.29 is 37.6 Å². The van der Waals surface area contributed by atoms with Crippen LogP contribution in [-0.2, 0) is 32.7 Å². The molecule has 0 aromatic heterocycles. The fourth-order valence-electron chi connectivity index (χ4n) is 5.96. The molecule has 0 aliphatic rings. The van der Waals surface area contributed by atoms with Crippen LogP contribution in [0.25, 0.3) is 0 Å². The van der Waals surface area contributed by atoms with E-state index in [1.165, 1.54) is 44.9 Å². The molecule has 0 saturated heterocycles. The summed E-state index contributed by atoms with van der Waals surface area (Å²) in [5.41, 5.74) is 5.36. The molecule has 0 bridgehead atoms. The summed E-state index contributed by atoms with van der Waals surface area (Å²) in [5.74, 6) is -0.874. The molecule has 2 atom stereocenters. The van der Waals surface area contributed by atoms with E-state index in [1.807, 2.05) is 0 Å². The Bertz CT molecular complexity index is 1320. The summed E-state index contributed by atoms with van der Waals surface area (Å²) in [4.78, 5) is 35.0. The maximum atomic E-state index is 12.6. The van der Waals surface area contributed by atoms with Gasteiger partial charge in [0.25, 0.3) is 0 Å². The van der Waals surface area contributed by atoms with Crippen molar-refractivity contribution in [2.75, 3.05) is 26.4 Å². The highest BCUT2D eigenvalue weighted by molar-refractivity contribution is 7.47. The molecule has 3 N–H and O–H groups in total. The number of phosphoric ester groups is 1. The smallest absolute Gasteiger partial charge is 0.462 e. The average molecular weight is 872 g/mol. The number of unbranched alkanes of at least 4 members (excludes halogenated alkanes) is 14. The lowest BCUT2D eigenvalue weighted by molar-refractivity contribution is -0.161. The maximum Gasteiger partial charge on any atom is 0.472 e. The highest BCUT2D eigenvalue weighted by Crippen LogP contribution is 2.43. The molecule has 61 heavy (non-hydrogen) atoms. The summed E-state index contributed by atoms with van der Waals surface area (Å²) in [6.07, 6.45) is 60.0. The normalized spacial score (nSPS) is 14.1. The number of allylic oxidation sites excluding steroid dienone is 16. The first-order chi connectivity index (χ1) is 29.8. The molecule has 348 valence electrons. The minimum Gasteiger partial charge on any atom is -0.462 e. The molecule has 2 unspecified atom stereocenters. The Hall–Kier alpha value is -3.07. The van der Waals surface area contributed by atoms with Crippen LogP contribution >= 0.6 is 7.82 Å². The molecule has 0 aromatic carbocycles. The van der Waals surface area contributed by atoms with E-state index in [4.69, 9.17) is 24.3 Å². The van der Waals surface area contributed by atoms with Gasteiger partial charge in [0.2, 0.25) is 0 Å². The zero-order chi connectivity index (χ0) is 44.6. The number of carbonyl (C=O) groups excluding carboxylic acids is 2. The Balaban J connectivity index is 4.20. The van der Waals surface area contributed by atoms with Gasteiger partial charge in [-0.3, -0.25) is 18.6 Å². The SMILES string of the molecule is CC/C=C\C/C=C\C/C=C\C/C=C\C/C=C\C/C=C\CCCCCCC(=O)OC(COC(=O)CCCCCCCCC/C=C\C/C=C\CCCCC)COP(=O)(O)OCCN. The lowest BCUT2D eigenvalue weighted by atomic mass is 10.1. The molecule has 0 rings (SSSR count). The molecule has 0 saturated carbocycles. The second-order valence-electron chi connectivity index (χ2n) is 15.2. The molecular weight excluding hydrogens is 786 g/mol. The summed E-state index contributed by atoms with van der Waals surface area (Å²) in [7, 11) is -4.40. The van der Waals surface area contributed by atoms with Gasteiger partial charge in [0, 0.05) is 19.4 Å². The minimum atomic E-state index is -4.40. The number of hydrogen-bond donors (Lipinski definition) is 2. The molecule has 9 nitrogen and oxygen atoms in total. The number of phosphoric acid groups is 1. The molecule has 0 fully saturated rings. The minimum absolute atomic E-state index is 0.0422. The van der Waals surface area contributed by atoms with Crippen molar-refractivity contribution in [3.05, 3.63) is 97.2 Å². The Morgan fingerprint density at radius 3 is 1.34 bits per heavy atom. The lowest BCUT2D eigenvalue weighted by Gasteiger charge is -2.19. The Morgan fingerprint density at radius 2 is 0.902 bits per heavy atom. The van der Waals surface area contributed by atoms with Crippen molar-refractivity contribution in [1.29, 1.82) is 0 Å². The number of esters is 2. The van der Waals surface area contributed by atoms with Crippen molar-refractivity contribution in [2.45, 2.75) is 187 Å². The van der Waals surface area contributed by atoms with Gasteiger partial charge >= 0.3 is 19.8 Å². The van der Waals surface area contributed by atoms with Crippen LogP contribution in [-0.4, -0.2) is 49.3 Å². The second-order valence-corrected chi connectivity index (χ2v) is 16.7. The predicted molar refractivity (Wildman–Crippen MR) is 256 cm³/mol. The van der Waals surface area contributed by atoms with Crippen molar-refractivity contribution in [2.24, 2.45) is 5.73 Å². The fraction of sp³-hybridized carbons (Fsp3) is 0.647. The summed E-state index contributed by atoms with van der Waals surface area (Å²) < 4.78 is 32.8. The number of ether oxygens (including phenoxy) is 2.